The maximum atomic E-state index is 13.0. The van der Waals surface area contributed by atoms with Gasteiger partial charge in [-0.1, -0.05) is 42.5 Å². The molecule has 0 fully saturated rings. The summed E-state index contributed by atoms with van der Waals surface area (Å²) in [5.41, 5.74) is 3.24. The summed E-state index contributed by atoms with van der Waals surface area (Å²) >= 11 is 0. The van der Waals surface area contributed by atoms with Crippen molar-refractivity contribution < 1.29 is 4.79 Å². The molecule has 0 bridgehead atoms. The first-order valence-corrected chi connectivity index (χ1v) is 8.17. The number of hydrogen-bond acceptors (Lipinski definition) is 2. The second-order valence-electron chi connectivity index (χ2n) is 7.12. The van der Waals surface area contributed by atoms with E-state index in [0.717, 1.165) is 24.2 Å². The highest BCUT2D eigenvalue weighted by Crippen LogP contribution is 2.34. The van der Waals surface area contributed by atoms with Crippen LogP contribution in [0, 0.1) is 0 Å². The van der Waals surface area contributed by atoms with E-state index in [1.807, 2.05) is 45.0 Å². The number of nitrogens with zero attached hydrogens (tertiary/aromatic N) is 1. The van der Waals surface area contributed by atoms with Gasteiger partial charge in [0, 0.05) is 17.8 Å². The van der Waals surface area contributed by atoms with Gasteiger partial charge in [0.2, 0.25) is 5.91 Å². The van der Waals surface area contributed by atoms with Crippen LogP contribution in [0.4, 0.5) is 5.69 Å². The van der Waals surface area contributed by atoms with Crippen molar-refractivity contribution in [3.63, 3.8) is 0 Å². The van der Waals surface area contributed by atoms with Crippen molar-refractivity contribution in [2.24, 2.45) is 0 Å². The van der Waals surface area contributed by atoms with Gasteiger partial charge in [-0.05, 0) is 50.5 Å². The van der Waals surface area contributed by atoms with Crippen LogP contribution in [0.25, 0.3) is 0 Å². The van der Waals surface area contributed by atoms with Crippen molar-refractivity contribution in [3.05, 3.63) is 65.7 Å². The van der Waals surface area contributed by atoms with Gasteiger partial charge in [-0.15, -0.1) is 0 Å². The summed E-state index contributed by atoms with van der Waals surface area (Å²) in [5, 5.41) is 3.15. The Morgan fingerprint density at radius 3 is 2.39 bits per heavy atom. The molecule has 1 N–H and O–H groups in total. The average molecular weight is 308 g/mol. The van der Waals surface area contributed by atoms with E-state index in [1.54, 1.807) is 0 Å². The smallest absolute Gasteiger partial charge is 0.247 e. The van der Waals surface area contributed by atoms with E-state index in [9.17, 15) is 4.79 Å². The molecule has 0 saturated carbocycles. The van der Waals surface area contributed by atoms with Gasteiger partial charge in [-0.3, -0.25) is 4.79 Å². The van der Waals surface area contributed by atoms with Crippen LogP contribution in [0.2, 0.25) is 0 Å². The molecular weight excluding hydrogens is 284 g/mol. The zero-order valence-electron chi connectivity index (χ0n) is 14.0. The second-order valence-corrected chi connectivity index (χ2v) is 7.12. The molecule has 1 amide bonds. The van der Waals surface area contributed by atoms with Gasteiger partial charge in [0.1, 0.15) is 6.04 Å². The van der Waals surface area contributed by atoms with Crippen molar-refractivity contribution >= 4 is 11.6 Å². The average Bonchev–Trinajstić information content (AvgIpc) is 2.53. The summed E-state index contributed by atoms with van der Waals surface area (Å²) in [7, 11) is 0. The molecule has 1 heterocycles. The predicted octanol–water partition coefficient (Wildman–Crippen LogP) is 3.71. The lowest BCUT2D eigenvalue weighted by Crippen LogP contribution is -2.50. The Hall–Kier alpha value is -2.29. The molecular formula is C20H24N2O. The minimum atomic E-state index is -0.276. The molecule has 0 saturated heterocycles. The Labute approximate surface area is 138 Å². The molecule has 1 aliphatic rings. The van der Waals surface area contributed by atoms with Gasteiger partial charge in [-0.25, -0.2) is 0 Å². The molecule has 1 atom stereocenters. The first-order chi connectivity index (χ1) is 11.0. The molecule has 0 radical (unpaired) electrons. The van der Waals surface area contributed by atoms with E-state index < -0.39 is 0 Å². The molecule has 1 unspecified atom stereocenters. The lowest BCUT2D eigenvalue weighted by atomic mass is 9.91. The fourth-order valence-electron chi connectivity index (χ4n) is 3.18. The van der Waals surface area contributed by atoms with Crippen molar-refractivity contribution in [1.29, 1.82) is 0 Å². The molecule has 3 rings (SSSR count). The lowest BCUT2D eigenvalue weighted by Gasteiger charge is -2.39. The number of nitrogens with one attached hydrogen (secondary N) is 1. The van der Waals surface area contributed by atoms with Crippen LogP contribution in [0.1, 0.15) is 37.9 Å². The minimum Gasteiger partial charge on any atom is -0.356 e. The first kappa shape index (κ1) is 15.6. The number of amides is 1. The molecule has 2 aromatic carbocycles. The largest absolute Gasteiger partial charge is 0.356 e. The highest BCUT2D eigenvalue weighted by molar-refractivity contribution is 5.88. The molecule has 23 heavy (non-hydrogen) atoms. The summed E-state index contributed by atoms with van der Waals surface area (Å²) in [6.45, 7) is 6.91. The normalized spacial score (nSPS) is 17.5. The number of rotatable bonds is 2. The molecule has 3 heteroatoms. The molecule has 0 aromatic heterocycles. The molecule has 120 valence electrons. The zero-order valence-corrected chi connectivity index (χ0v) is 14.0. The van der Waals surface area contributed by atoms with E-state index in [0.29, 0.717) is 0 Å². The SMILES string of the molecule is CC(C)(C)NC(=O)C1c2ccccc2CCN1c1ccccc1. The number of benzene rings is 2. The summed E-state index contributed by atoms with van der Waals surface area (Å²) in [6.07, 6.45) is 0.963. The third-order valence-corrected chi connectivity index (χ3v) is 4.12. The monoisotopic (exact) mass is 308 g/mol. The number of carbonyl (C=O) groups is 1. The Kier molecular flexibility index (Phi) is 4.12. The first-order valence-electron chi connectivity index (χ1n) is 8.17. The number of anilines is 1. The van der Waals surface area contributed by atoms with Gasteiger partial charge in [0.05, 0.1) is 0 Å². The predicted molar refractivity (Wildman–Crippen MR) is 94.6 cm³/mol. The maximum Gasteiger partial charge on any atom is 0.247 e. The third-order valence-electron chi connectivity index (χ3n) is 4.12. The Morgan fingerprint density at radius 2 is 1.70 bits per heavy atom. The fourth-order valence-corrected chi connectivity index (χ4v) is 3.18. The second kappa shape index (κ2) is 6.07. The van der Waals surface area contributed by atoms with Gasteiger partial charge >= 0.3 is 0 Å². The number of hydrogen-bond donors (Lipinski definition) is 1. The van der Waals surface area contributed by atoms with E-state index in [1.165, 1.54) is 5.56 Å². The number of para-hydroxylation sites is 1. The van der Waals surface area contributed by atoms with Crippen LogP contribution in [-0.2, 0) is 11.2 Å². The van der Waals surface area contributed by atoms with Crippen LogP contribution in [0.5, 0.6) is 0 Å². The Morgan fingerprint density at radius 1 is 1.04 bits per heavy atom. The fraction of sp³-hybridized carbons (Fsp3) is 0.350. The van der Waals surface area contributed by atoms with Gasteiger partial charge in [0.15, 0.2) is 0 Å². The standard InChI is InChI=1S/C20H24N2O/c1-20(2,3)21-19(23)18-17-12-8-7-9-15(17)13-14-22(18)16-10-5-4-6-11-16/h4-12,18H,13-14H2,1-3H3,(H,21,23). The summed E-state index contributed by atoms with van der Waals surface area (Å²) in [5.74, 6) is 0.0634. The van der Waals surface area contributed by atoms with Crippen LogP contribution in [-0.4, -0.2) is 18.0 Å². The van der Waals surface area contributed by atoms with Crippen LogP contribution < -0.4 is 10.2 Å². The van der Waals surface area contributed by atoms with E-state index in [2.05, 4.69) is 40.5 Å². The van der Waals surface area contributed by atoms with Crippen LogP contribution in [0.3, 0.4) is 0 Å². The van der Waals surface area contributed by atoms with E-state index in [-0.39, 0.29) is 17.5 Å². The minimum absolute atomic E-state index is 0.0634. The topological polar surface area (TPSA) is 32.3 Å². The van der Waals surface area contributed by atoms with Crippen LogP contribution in [0.15, 0.2) is 54.6 Å². The van der Waals surface area contributed by atoms with Crippen molar-refractivity contribution in [1.82, 2.24) is 5.32 Å². The maximum absolute atomic E-state index is 13.0. The zero-order chi connectivity index (χ0) is 16.4. The quantitative estimate of drug-likeness (QED) is 0.917. The highest BCUT2D eigenvalue weighted by atomic mass is 16.2. The molecule has 2 aromatic rings. The molecule has 0 aliphatic carbocycles. The molecule has 0 spiro atoms. The Balaban J connectivity index is 2.02. The summed E-state index contributed by atoms with van der Waals surface area (Å²) in [6, 6.07) is 18.2. The van der Waals surface area contributed by atoms with E-state index in [4.69, 9.17) is 0 Å². The third kappa shape index (κ3) is 3.39. The number of carbonyl (C=O) groups excluding carboxylic acids is 1. The summed E-state index contributed by atoms with van der Waals surface area (Å²) in [4.78, 5) is 15.2. The lowest BCUT2D eigenvalue weighted by molar-refractivity contribution is -0.124. The molecule has 3 nitrogen and oxygen atoms in total. The number of fused-ring (bicyclic) bond motifs is 1. The van der Waals surface area contributed by atoms with Crippen LogP contribution >= 0.6 is 0 Å². The van der Waals surface area contributed by atoms with E-state index >= 15 is 0 Å². The van der Waals surface area contributed by atoms with Gasteiger partial charge in [-0.2, -0.15) is 0 Å². The highest BCUT2D eigenvalue weighted by Gasteiger charge is 2.34. The van der Waals surface area contributed by atoms with Gasteiger partial charge in [0.25, 0.3) is 0 Å². The van der Waals surface area contributed by atoms with Crippen molar-refractivity contribution in [2.75, 3.05) is 11.4 Å². The Bertz CT molecular complexity index is 688. The summed E-state index contributed by atoms with van der Waals surface area (Å²) < 4.78 is 0. The van der Waals surface area contributed by atoms with Gasteiger partial charge < -0.3 is 10.2 Å². The molecule has 1 aliphatic heterocycles. The van der Waals surface area contributed by atoms with Crippen molar-refractivity contribution in [2.45, 2.75) is 38.8 Å². The van der Waals surface area contributed by atoms with Crippen molar-refractivity contribution in [3.8, 4) is 0 Å².